The Kier molecular flexibility index (Phi) is 4.69. The topological polar surface area (TPSA) is 44.8 Å². The zero-order chi connectivity index (χ0) is 18.8. The molecule has 2 aliphatic rings. The number of nitrogens with one attached hydrogen (secondary N) is 1. The van der Waals surface area contributed by atoms with Crippen molar-refractivity contribution in [2.24, 2.45) is 0 Å². The molecule has 1 amide bonds. The average Bonchev–Trinajstić information content (AvgIpc) is 3.16. The standard InChI is InChI=1S/C22H23N3O2/c1-3-16-7-9-17(10-8-16)15-24-11-12-25-21(22(24)26)14-20(23-25)18-5-4-6-19(13-18)27-2/h3-13,20-21,23H,1,14-15H2,2H3. The first-order valence-corrected chi connectivity index (χ1v) is 9.06. The van der Waals surface area contributed by atoms with Gasteiger partial charge in [0.25, 0.3) is 5.91 Å². The van der Waals surface area contributed by atoms with Crippen LogP contribution in [0.1, 0.15) is 29.2 Å². The summed E-state index contributed by atoms with van der Waals surface area (Å²) in [5.74, 6) is 0.939. The quantitative estimate of drug-likeness (QED) is 0.886. The highest BCUT2D eigenvalue weighted by Gasteiger charge is 2.39. The zero-order valence-corrected chi connectivity index (χ0v) is 15.3. The van der Waals surface area contributed by atoms with Gasteiger partial charge in [-0.15, -0.1) is 0 Å². The van der Waals surface area contributed by atoms with Crippen LogP contribution >= 0.6 is 0 Å². The van der Waals surface area contributed by atoms with Crippen molar-refractivity contribution in [3.05, 3.63) is 84.2 Å². The normalized spacial score (nSPS) is 21.3. The lowest BCUT2D eigenvalue weighted by atomic mass is 10.0. The second-order valence-corrected chi connectivity index (χ2v) is 6.83. The van der Waals surface area contributed by atoms with Crippen molar-refractivity contribution in [3.8, 4) is 5.75 Å². The van der Waals surface area contributed by atoms with Crippen molar-refractivity contribution in [2.75, 3.05) is 7.11 Å². The first-order chi connectivity index (χ1) is 13.2. The first-order valence-electron chi connectivity index (χ1n) is 9.06. The van der Waals surface area contributed by atoms with E-state index in [2.05, 4.69) is 18.1 Å². The lowest BCUT2D eigenvalue weighted by molar-refractivity contribution is -0.134. The van der Waals surface area contributed by atoms with Crippen LogP contribution < -0.4 is 10.2 Å². The summed E-state index contributed by atoms with van der Waals surface area (Å²) in [6.45, 7) is 4.34. The number of rotatable bonds is 5. The number of nitrogens with zero attached hydrogens (tertiary/aromatic N) is 2. The molecule has 2 heterocycles. The van der Waals surface area contributed by atoms with Crippen LogP contribution in [-0.2, 0) is 11.3 Å². The summed E-state index contributed by atoms with van der Waals surface area (Å²) < 4.78 is 5.32. The molecule has 2 unspecified atom stereocenters. The van der Waals surface area contributed by atoms with Gasteiger partial charge in [0.1, 0.15) is 11.8 Å². The summed E-state index contributed by atoms with van der Waals surface area (Å²) >= 11 is 0. The van der Waals surface area contributed by atoms with E-state index in [0.29, 0.717) is 6.54 Å². The molecule has 1 fully saturated rings. The van der Waals surface area contributed by atoms with Crippen LogP contribution in [-0.4, -0.2) is 29.0 Å². The van der Waals surface area contributed by atoms with Gasteiger partial charge in [0.2, 0.25) is 0 Å². The van der Waals surface area contributed by atoms with Gasteiger partial charge in [-0.25, -0.2) is 5.43 Å². The fourth-order valence-corrected chi connectivity index (χ4v) is 3.60. The smallest absolute Gasteiger partial charge is 0.251 e. The molecule has 5 nitrogen and oxygen atoms in total. The van der Waals surface area contributed by atoms with Crippen molar-refractivity contribution < 1.29 is 9.53 Å². The van der Waals surface area contributed by atoms with Gasteiger partial charge in [-0.05, 0) is 35.2 Å². The molecule has 138 valence electrons. The van der Waals surface area contributed by atoms with Crippen LogP contribution in [0.4, 0.5) is 0 Å². The van der Waals surface area contributed by atoms with Crippen LogP contribution in [0.25, 0.3) is 6.08 Å². The largest absolute Gasteiger partial charge is 0.497 e. The van der Waals surface area contributed by atoms with Crippen LogP contribution in [0.2, 0.25) is 0 Å². The molecule has 0 aromatic heterocycles. The summed E-state index contributed by atoms with van der Waals surface area (Å²) in [7, 11) is 1.66. The number of carbonyl (C=O) groups is 1. The van der Waals surface area contributed by atoms with E-state index in [1.807, 2.05) is 65.9 Å². The fourth-order valence-electron chi connectivity index (χ4n) is 3.60. The predicted molar refractivity (Wildman–Crippen MR) is 105 cm³/mol. The molecule has 0 spiro atoms. The number of fused-ring (bicyclic) bond motifs is 1. The van der Waals surface area contributed by atoms with Gasteiger partial charge in [-0.1, -0.05) is 49.1 Å². The van der Waals surface area contributed by atoms with Gasteiger partial charge in [0.15, 0.2) is 0 Å². The number of amides is 1. The molecule has 0 bridgehead atoms. The van der Waals surface area contributed by atoms with E-state index in [4.69, 9.17) is 4.74 Å². The number of benzene rings is 2. The van der Waals surface area contributed by atoms with Crippen molar-refractivity contribution in [3.63, 3.8) is 0 Å². The molecule has 4 rings (SSSR count). The third-order valence-corrected chi connectivity index (χ3v) is 5.14. The number of ether oxygens (including phenoxy) is 1. The lowest BCUT2D eigenvalue weighted by Crippen LogP contribution is -2.47. The molecule has 0 saturated carbocycles. The van der Waals surface area contributed by atoms with Gasteiger partial charge >= 0.3 is 0 Å². The molecular formula is C22H23N3O2. The minimum atomic E-state index is -0.196. The molecule has 0 radical (unpaired) electrons. The van der Waals surface area contributed by atoms with E-state index in [0.717, 1.165) is 28.9 Å². The van der Waals surface area contributed by atoms with E-state index >= 15 is 0 Å². The van der Waals surface area contributed by atoms with Crippen LogP contribution in [0.3, 0.4) is 0 Å². The number of hydrazine groups is 1. The van der Waals surface area contributed by atoms with Crippen molar-refractivity contribution >= 4 is 12.0 Å². The van der Waals surface area contributed by atoms with E-state index in [-0.39, 0.29) is 18.0 Å². The molecular weight excluding hydrogens is 338 g/mol. The predicted octanol–water partition coefficient (Wildman–Crippen LogP) is 3.47. The highest BCUT2D eigenvalue weighted by molar-refractivity contribution is 5.84. The molecule has 27 heavy (non-hydrogen) atoms. The maximum atomic E-state index is 13.0. The Morgan fingerprint density at radius 1 is 1.22 bits per heavy atom. The van der Waals surface area contributed by atoms with Crippen molar-refractivity contribution in [1.29, 1.82) is 0 Å². The maximum absolute atomic E-state index is 13.0. The summed E-state index contributed by atoms with van der Waals surface area (Å²) in [6, 6.07) is 16.0. The van der Waals surface area contributed by atoms with Gasteiger partial charge in [0.05, 0.1) is 19.7 Å². The third-order valence-electron chi connectivity index (χ3n) is 5.14. The maximum Gasteiger partial charge on any atom is 0.251 e. The molecule has 2 aromatic rings. The minimum absolute atomic E-state index is 0.0884. The fraction of sp³-hybridized carbons (Fsp3) is 0.227. The molecule has 2 aliphatic heterocycles. The zero-order valence-electron chi connectivity index (χ0n) is 15.3. The monoisotopic (exact) mass is 361 g/mol. The minimum Gasteiger partial charge on any atom is -0.497 e. The Labute approximate surface area is 159 Å². The van der Waals surface area contributed by atoms with Crippen molar-refractivity contribution in [2.45, 2.75) is 25.0 Å². The van der Waals surface area contributed by atoms with Gasteiger partial charge in [0, 0.05) is 12.4 Å². The lowest BCUT2D eigenvalue weighted by Gasteiger charge is -2.31. The van der Waals surface area contributed by atoms with Crippen LogP contribution in [0, 0.1) is 0 Å². The summed E-state index contributed by atoms with van der Waals surface area (Å²) in [4.78, 5) is 14.8. The van der Waals surface area contributed by atoms with Crippen LogP contribution in [0.5, 0.6) is 5.75 Å². The first kappa shape index (κ1) is 17.4. The Morgan fingerprint density at radius 3 is 2.78 bits per heavy atom. The Bertz CT molecular complexity index is 875. The second-order valence-electron chi connectivity index (χ2n) is 6.83. The summed E-state index contributed by atoms with van der Waals surface area (Å²) in [5.41, 5.74) is 6.72. The summed E-state index contributed by atoms with van der Waals surface area (Å²) in [6.07, 6.45) is 6.34. The van der Waals surface area contributed by atoms with E-state index in [1.165, 1.54) is 0 Å². The van der Waals surface area contributed by atoms with Gasteiger partial charge in [-0.2, -0.15) is 0 Å². The SMILES string of the molecule is C=Cc1ccc(CN2C=CN3NC(c4cccc(OC)c4)CC3C2=O)cc1. The summed E-state index contributed by atoms with van der Waals surface area (Å²) in [5, 5.41) is 1.92. The van der Waals surface area contributed by atoms with Crippen LogP contribution in [0.15, 0.2) is 67.5 Å². The average molecular weight is 361 g/mol. The highest BCUT2D eigenvalue weighted by Crippen LogP contribution is 2.32. The Hall–Kier alpha value is -3.05. The molecule has 1 N–H and O–H groups in total. The highest BCUT2D eigenvalue weighted by atomic mass is 16.5. The van der Waals surface area contributed by atoms with Crippen molar-refractivity contribution in [1.82, 2.24) is 15.3 Å². The molecule has 5 heteroatoms. The van der Waals surface area contributed by atoms with Gasteiger partial charge < -0.3 is 14.6 Å². The number of carbonyl (C=O) groups excluding carboxylic acids is 1. The second kappa shape index (κ2) is 7.29. The molecule has 0 aliphatic carbocycles. The number of hydrogen-bond acceptors (Lipinski definition) is 4. The van der Waals surface area contributed by atoms with E-state index in [9.17, 15) is 4.79 Å². The molecule has 1 saturated heterocycles. The molecule has 2 aromatic carbocycles. The van der Waals surface area contributed by atoms with Gasteiger partial charge in [-0.3, -0.25) is 4.79 Å². The number of methoxy groups -OCH3 is 1. The Morgan fingerprint density at radius 2 is 2.04 bits per heavy atom. The van der Waals surface area contributed by atoms with E-state index in [1.54, 1.807) is 12.0 Å². The Balaban J connectivity index is 1.47. The van der Waals surface area contributed by atoms with E-state index < -0.39 is 0 Å². The number of hydrogen-bond donors (Lipinski definition) is 1. The molecule has 2 atom stereocenters. The third kappa shape index (κ3) is 3.46.